The number of halogens is 2. The molecule has 3 rings (SSSR count). The lowest BCUT2D eigenvalue weighted by Gasteiger charge is -2.18. The number of hydrogen-bond donors (Lipinski definition) is 0. The van der Waals surface area contributed by atoms with Crippen LogP contribution in [0, 0.1) is 11.6 Å². The highest BCUT2D eigenvalue weighted by atomic mass is 32.2. The predicted molar refractivity (Wildman–Crippen MR) is 111 cm³/mol. The molecule has 0 spiro atoms. The molecule has 0 saturated carbocycles. The number of hydrogen-bond acceptors (Lipinski definition) is 4. The summed E-state index contributed by atoms with van der Waals surface area (Å²) in [6.45, 7) is 1.05. The minimum Gasteiger partial charge on any atom is -0.493 e. The summed E-state index contributed by atoms with van der Waals surface area (Å²) < 4.78 is 38.1. The monoisotopic (exact) mass is 419 g/mol. The Kier molecular flexibility index (Phi) is 7.14. The van der Waals surface area contributed by atoms with E-state index < -0.39 is 11.6 Å². The van der Waals surface area contributed by atoms with E-state index in [0.29, 0.717) is 42.3 Å². The summed E-state index contributed by atoms with van der Waals surface area (Å²) in [5, 5.41) is -0.168. The number of ether oxygens (including phenoxy) is 2. The largest absolute Gasteiger partial charge is 0.493 e. The number of benzene rings is 2. The minimum atomic E-state index is -0.447. The van der Waals surface area contributed by atoms with Gasteiger partial charge in [0.05, 0.1) is 14.2 Å². The average molecular weight is 419 g/mol. The third-order valence-corrected chi connectivity index (χ3v) is 6.09. The third-order valence-electron chi connectivity index (χ3n) is 4.78. The van der Waals surface area contributed by atoms with Crippen molar-refractivity contribution in [1.82, 2.24) is 4.90 Å². The molecule has 1 unspecified atom stereocenters. The van der Waals surface area contributed by atoms with Crippen molar-refractivity contribution in [3.63, 3.8) is 0 Å². The van der Waals surface area contributed by atoms with Crippen molar-refractivity contribution in [3.8, 4) is 11.5 Å². The summed E-state index contributed by atoms with van der Waals surface area (Å²) in [7, 11) is 3.13. The molecule has 0 radical (unpaired) electrons. The molecule has 2 aromatic carbocycles. The second kappa shape index (κ2) is 9.78. The van der Waals surface area contributed by atoms with Crippen molar-refractivity contribution in [3.05, 3.63) is 65.2 Å². The lowest BCUT2D eigenvalue weighted by atomic mass is 10.1. The highest BCUT2D eigenvalue weighted by molar-refractivity contribution is 7.99. The quantitative estimate of drug-likeness (QED) is 0.659. The zero-order valence-electron chi connectivity index (χ0n) is 16.4. The van der Waals surface area contributed by atoms with Crippen LogP contribution < -0.4 is 9.47 Å². The van der Waals surface area contributed by atoms with Crippen LogP contribution >= 0.6 is 11.8 Å². The zero-order valence-corrected chi connectivity index (χ0v) is 17.2. The van der Waals surface area contributed by atoms with E-state index in [1.165, 1.54) is 12.1 Å². The molecule has 154 valence electrons. The Morgan fingerprint density at radius 2 is 1.90 bits per heavy atom. The van der Waals surface area contributed by atoms with Gasteiger partial charge in [0.25, 0.3) is 0 Å². The predicted octanol–water partition coefficient (Wildman–Crippen LogP) is 4.70. The summed E-state index contributed by atoms with van der Waals surface area (Å²) in [4.78, 5) is 14.3. The molecule has 1 saturated heterocycles. The van der Waals surface area contributed by atoms with E-state index in [9.17, 15) is 13.6 Å². The highest BCUT2D eigenvalue weighted by Crippen LogP contribution is 2.36. The van der Waals surface area contributed by atoms with E-state index in [1.807, 2.05) is 6.07 Å². The summed E-state index contributed by atoms with van der Waals surface area (Å²) >= 11 is 1.55. The molecule has 0 aromatic heterocycles. The van der Waals surface area contributed by atoms with Crippen LogP contribution in [0.15, 0.2) is 42.5 Å². The van der Waals surface area contributed by atoms with Crippen LogP contribution in [-0.2, 0) is 4.79 Å². The van der Waals surface area contributed by atoms with Gasteiger partial charge in [0, 0.05) is 35.7 Å². The number of amides is 1. The van der Waals surface area contributed by atoms with E-state index in [2.05, 4.69) is 0 Å². The molecular weight excluding hydrogens is 396 g/mol. The Morgan fingerprint density at radius 3 is 2.66 bits per heavy atom. The SMILES string of the molecule is COc1ccc(/C=C/C(=O)N2CCSC(c3cc(F)ccc3F)CC2)cc1OC. The smallest absolute Gasteiger partial charge is 0.246 e. The molecule has 4 nitrogen and oxygen atoms in total. The maximum absolute atomic E-state index is 14.1. The molecule has 2 aromatic rings. The first-order chi connectivity index (χ1) is 14.0. The fraction of sp³-hybridized carbons (Fsp3) is 0.318. The van der Waals surface area contributed by atoms with Gasteiger partial charge in [-0.25, -0.2) is 8.78 Å². The number of methoxy groups -OCH3 is 2. The molecule has 7 heteroatoms. The van der Waals surface area contributed by atoms with Crippen LogP contribution in [0.1, 0.15) is 22.8 Å². The molecule has 0 bridgehead atoms. The molecule has 1 aliphatic rings. The molecule has 0 N–H and O–H groups in total. The topological polar surface area (TPSA) is 38.8 Å². The van der Waals surface area contributed by atoms with Gasteiger partial charge in [-0.3, -0.25) is 4.79 Å². The maximum atomic E-state index is 14.1. The Balaban J connectivity index is 1.65. The summed E-state index contributed by atoms with van der Waals surface area (Å²) in [5.74, 6) is 0.912. The zero-order chi connectivity index (χ0) is 20.8. The number of carbonyl (C=O) groups excluding carboxylic acids is 1. The van der Waals surface area contributed by atoms with Gasteiger partial charge < -0.3 is 14.4 Å². The summed E-state index contributed by atoms with van der Waals surface area (Å²) in [5.41, 5.74) is 1.19. The van der Waals surface area contributed by atoms with Crippen LogP contribution in [0.25, 0.3) is 6.08 Å². The van der Waals surface area contributed by atoms with E-state index in [0.717, 1.165) is 17.7 Å². The molecule has 1 amide bonds. The standard InChI is InChI=1S/C22H23F2NO3S/c1-27-19-7-3-15(13-20(19)28-2)4-8-22(26)25-10-9-21(29-12-11-25)17-14-16(23)5-6-18(17)24/h3-8,13-14,21H,9-12H2,1-2H3/b8-4+. The van der Waals surface area contributed by atoms with Gasteiger partial charge in [0.15, 0.2) is 11.5 Å². The summed E-state index contributed by atoms with van der Waals surface area (Å²) in [6.07, 6.45) is 3.82. The number of rotatable bonds is 5. The van der Waals surface area contributed by atoms with Gasteiger partial charge in [-0.05, 0) is 48.4 Å². The Morgan fingerprint density at radius 1 is 1.10 bits per heavy atom. The highest BCUT2D eigenvalue weighted by Gasteiger charge is 2.23. The molecule has 1 aliphatic heterocycles. The number of carbonyl (C=O) groups is 1. The van der Waals surface area contributed by atoms with E-state index >= 15 is 0 Å². The first-order valence-corrected chi connectivity index (χ1v) is 10.3. The fourth-order valence-electron chi connectivity index (χ4n) is 3.23. The average Bonchev–Trinajstić information content (AvgIpc) is 2.99. The van der Waals surface area contributed by atoms with Gasteiger partial charge in [-0.1, -0.05) is 6.07 Å². The van der Waals surface area contributed by atoms with E-state index in [-0.39, 0.29) is 11.2 Å². The Labute approximate surface area is 173 Å². The van der Waals surface area contributed by atoms with Gasteiger partial charge in [0.2, 0.25) is 5.91 Å². The second-order valence-electron chi connectivity index (χ2n) is 6.59. The van der Waals surface area contributed by atoms with Gasteiger partial charge in [0.1, 0.15) is 11.6 Å². The van der Waals surface area contributed by atoms with Crippen LogP contribution in [0.5, 0.6) is 11.5 Å². The summed E-state index contributed by atoms with van der Waals surface area (Å²) in [6, 6.07) is 8.95. The van der Waals surface area contributed by atoms with Crippen molar-refractivity contribution in [2.45, 2.75) is 11.7 Å². The van der Waals surface area contributed by atoms with Crippen molar-refractivity contribution in [2.75, 3.05) is 33.1 Å². The second-order valence-corrected chi connectivity index (χ2v) is 7.90. The van der Waals surface area contributed by atoms with Crippen molar-refractivity contribution < 1.29 is 23.0 Å². The lowest BCUT2D eigenvalue weighted by molar-refractivity contribution is -0.125. The lowest BCUT2D eigenvalue weighted by Crippen LogP contribution is -2.31. The number of nitrogens with zero attached hydrogens (tertiary/aromatic N) is 1. The fourth-order valence-corrected chi connectivity index (χ4v) is 4.47. The van der Waals surface area contributed by atoms with Gasteiger partial charge >= 0.3 is 0 Å². The van der Waals surface area contributed by atoms with Crippen LogP contribution in [0.2, 0.25) is 0 Å². The number of thioether (sulfide) groups is 1. The first kappa shape index (κ1) is 21.2. The van der Waals surface area contributed by atoms with E-state index in [4.69, 9.17) is 9.47 Å². The third kappa shape index (κ3) is 5.29. The minimum absolute atomic E-state index is 0.110. The van der Waals surface area contributed by atoms with Crippen molar-refractivity contribution in [1.29, 1.82) is 0 Å². The Bertz CT molecular complexity index is 904. The first-order valence-electron chi connectivity index (χ1n) is 9.27. The molecule has 1 fully saturated rings. The molecule has 29 heavy (non-hydrogen) atoms. The Hall–Kier alpha value is -2.54. The molecule has 0 aliphatic carbocycles. The van der Waals surface area contributed by atoms with Gasteiger partial charge in [-0.2, -0.15) is 11.8 Å². The van der Waals surface area contributed by atoms with Crippen molar-refractivity contribution >= 4 is 23.7 Å². The van der Waals surface area contributed by atoms with Crippen LogP contribution in [0.4, 0.5) is 8.78 Å². The van der Waals surface area contributed by atoms with Crippen LogP contribution in [0.3, 0.4) is 0 Å². The maximum Gasteiger partial charge on any atom is 0.246 e. The van der Waals surface area contributed by atoms with E-state index in [1.54, 1.807) is 49.1 Å². The molecular formula is C22H23F2NO3S. The van der Waals surface area contributed by atoms with Crippen molar-refractivity contribution in [2.24, 2.45) is 0 Å². The molecule has 1 heterocycles. The van der Waals surface area contributed by atoms with Gasteiger partial charge in [-0.15, -0.1) is 0 Å². The van der Waals surface area contributed by atoms with Crippen LogP contribution in [-0.4, -0.2) is 43.9 Å². The normalized spacial score (nSPS) is 17.2. The molecule has 1 atom stereocenters.